The lowest BCUT2D eigenvalue weighted by molar-refractivity contribution is -0.127. The van der Waals surface area contributed by atoms with Crippen LogP contribution in [0.5, 0.6) is 5.75 Å². The molecule has 0 aliphatic heterocycles. The van der Waals surface area contributed by atoms with Crippen LogP contribution in [0.1, 0.15) is 5.56 Å². The van der Waals surface area contributed by atoms with E-state index in [-0.39, 0.29) is 19.1 Å². The van der Waals surface area contributed by atoms with Crippen molar-refractivity contribution in [1.82, 2.24) is 10.7 Å². The van der Waals surface area contributed by atoms with Gasteiger partial charge in [-0.1, -0.05) is 54.6 Å². The number of para-hydroxylation sites is 1. The Balaban J connectivity index is 1.61. The minimum absolute atomic E-state index is 0.152. The van der Waals surface area contributed by atoms with Crippen LogP contribution in [-0.2, 0) is 9.59 Å². The highest BCUT2D eigenvalue weighted by atomic mass is 16.5. The molecule has 25 heavy (non-hydrogen) atoms. The number of ether oxygens (including phenoxy) is 1. The third-order valence-electron chi connectivity index (χ3n) is 3.00. The van der Waals surface area contributed by atoms with Crippen molar-refractivity contribution in [3.8, 4) is 5.75 Å². The molecule has 2 N–H and O–H groups in total. The van der Waals surface area contributed by atoms with Gasteiger partial charge in [-0.25, -0.2) is 5.43 Å². The molecule has 0 radical (unpaired) electrons. The zero-order valence-electron chi connectivity index (χ0n) is 13.6. The predicted octanol–water partition coefficient (Wildman–Crippen LogP) is 2.00. The van der Waals surface area contributed by atoms with Gasteiger partial charge in [0.05, 0.1) is 6.54 Å². The molecule has 2 rings (SSSR count). The minimum atomic E-state index is -0.419. The first kappa shape index (κ1) is 17.9. The van der Waals surface area contributed by atoms with Crippen molar-refractivity contribution in [3.05, 3.63) is 72.3 Å². The smallest absolute Gasteiger partial charge is 0.259 e. The molecule has 0 bridgehead atoms. The molecule has 0 saturated carbocycles. The number of hydrazone groups is 1. The fourth-order valence-electron chi connectivity index (χ4n) is 1.81. The third kappa shape index (κ3) is 7.60. The Kier molecular flexibility index (Phi) is 7.45. The van der Waals surface area contributed by atoms with E-state index in [2.05, 4.69) is 15.8 Å². The molecule has 0 unspecified atom stereocenters. The second-order valence-corrected chi connectivity index (χ2v) is 4.96. The van der Waals surface area contributed by atoms with E-state index in [4.69, 9.17) is 4.74 Å². The first-order chi connectivity index (χ1) is 12.2. The number of hydrogen-bond acceptors (Lipinski definition) is 4. The molecule has 0 aliphatic rings. The van der Waals surface area contributed by atoms with E-state index in [0.29, 0.717) is 5.75 Å². The van der Waals surface area contributed by atoms with E-state index in [9.17, 15) is 9.59 Å². The molecule has 6 heteroatoms. The van der Waals surface area contributed by atoms with E-state index in [1.165, 1.54) is 6.21 Å². The number of carbonyl (C=O) groups excluding carboxylic acids is 2. The van der Waals surface area contributed by atoms with Gasteiger partial charge >= 0.3 is 0 Å². The van der Waals surface area contributed by atoms with Gasteiger partial charge < -0.3 is 10.1 Å². The van der Waals surface area contributed by atoms with Crippen LogP contribution in [-0.4, -0.2) is 31.2 Å². The Bertz CT molecular complexity index is 728. The average Bonchev–Trinajstić information content (AvgIpc) is 2.66. The van der Waals surface area contributed by atoms with Crippen LogP contribution in [0.25, 0.3) is 6.08 Å². The SMILES string of the molecule is O=C(COc1ccccc1)NCC(=O)NN=C/C=C/c1ccccc1. The molecule has 6 nitrogen and oxygen atoms in total. The summed E-state index contributed by atoms with van der Waals surface area (Å²) in [6.07, 6.45) is 5.03. The molecule has 0 heterocycles. The summed E-state index contributed by atoms with van der Waals surface area (Å²) in [6, 6.07) is 18.7. The normalized spacial score (nSPS) is 10.7. The number of hydrogen-bond donors (Lipinski definition) is 2. The van der Waals surface area contributed by atoms with Gasteiger partial charge in [-0.05, 0) is 23.8 Å². The van der Waals surface area contributed by atoms with Gasteiger partial charge in [0.1, 0.15) is 5.75 Å². The van der Waals surface area contributed by atoms with Crippen LogP contribution in [0.2, 0.25) is 0 Å². The van der Waals surface area contributed by atoms with Crippen LogP contribution >= 0.6 is 0 Å². The lowest BCUT2D eigenvalue weighted by Gasteiger charge is -2.06. The summed E-state index contributed by atoms with van der Waals surface area (Å²) in [5, 5.41) is 6.22. The molecule has 128 valence electrons. The maximum Gasteiger partial charge on any atom is 0.259 e. The summed E-state index contributed by atoms with van der Waals surface area (Å²) in [7, 11) is 0. The van der Waals surface area contributed by atoms with E-state index in [1.807, 2.05) is 54.6 Å². The highest BCUT2D eigenvalue weighted by Gasteiger charge is 2.05. The molecule has 0 aliphatic carbocycles. The number of allylic oxidation sites excluding steroid dienone is 1. The van der Waals surface area contributed by atoms with E-state index in [1.54, 1.807) is 18.2 Å². The number of amides is 2. The number of rotatable bonds is 8. The van der Waals surface area contributed by atoms with Gasteiger partial charge in [0.15, 0.2) is 6.61 Å². The first-order valence-electron chi connectivity index (χ1n) is 7.72. The first-order valence-corrected chi connectivity index (χ1v) is 7.72. The summed E-state index contributed by atoms with van der Waals surface area (Å²) < 4.78 is 5.27. The molecule has 2 aromatic carbocycles. The number of benzene rings is 2. The van der Waals surface area contributed by atoms with Crippen LogP contribution < -0.4 is 15.5 Å². The molecule has 0 atom stereocenters. The lowest BCUT2D eigenvalue weighted by Crippen LogP contribution is -2.37. The van der Waals surface area contributed by atoms with Gasteiger partial charge in [-0.3, -0.25) is 9.59 Å². The van der Waals surface area contributed by atoms with Gasteiger partial charge in [0.25, 0.3) is 11.8 Å². The number of carbonyl (C=O) groups is 2. The molecule has 0 spiro atoms. The highest BCUT2D eigenvalue weighted by Crippen LogP contribution is 2.07. The zero-order chi connectivity index (χ0) is 17.7. The third-order valence-corrected chi connectivity index (χ3v) is 3.00. The van der Waals surface area contributed by atoms with E-state index >= 15 is 0 Å². The van der Waals surface area contributed by atoms with Crippen LogP contribution in [0.3, 0.4) is 0 Å². The average molecular weight is 337 g/mol. The van der Waals surface area contributed by atoms with Gasteiger partial charge in [-0.15, -0.1) is 0 Å². The standard InChI is InChI=1S/C19H19N3O3/c23-18(22-21-13-7-10-16-8-3-1-4-9-16)14-20-19(24)15-25-17-11-5-2-6-12-17/h1-13H,14-15H2,(H,20,24)(H,22,23)/b10-7+,21-13?. The molecular formula is C19H19N3O3. The molecule has 0 saturated heterocycles. The van der Waals surface area contributed by atoms with Crippen molar-refractivity contribution in [2.75, 3.05) is 13.2 Å². The Morgan fingerprint density at radius 3 is 2.36 bits per heavy atom. The zero-order valence-corrected chi connectivity index (χ0v) is 13.6. The van der Waals surface area contributed by atoms with Crippen molar-refractivity contribution < 1.29 is 14.3 Å². The van der Waals surface area contributed by atoms with Crippen molar-refractivity contribution in [1.29, 1.82) is 0 Å². The highest BCUT2D eigenvalue weighted by molar-refractivity contribution is 5.86. The van der Waals surface area contributed by atoms with Gasteiger partial charge in [0, 0.05) is 6.21 Å². The van der Waals surface area contributed by atoms with Crippen molar-refractivity contribution >= 4 is 24.1 Å². The Morgan fingerprint density at radius 1 is 0.960 bits per heavy atom. The summed E-state index contributed by atoms with van der Waals surface area (Å²) in [5.41, 5.74) is 3.36. The van der Waals surface area contributed by atoms with Gasteiger partial charge in [-0.2, -0.15) is 5.10 Å². The summed E-state index contributed by atoms with van der Waals surface area (Å²) in [4.78, 5) is 23.1. The van der Waals surface area contributed by atoms with Crippen LogP contribution in [0.4, 0.5) is 0 Å². The number of nitrogens with zero attached hydrogens (tertiary/aromatic N) is 1. The molecule has 2 aromatic rings. The second-order valence-electron chi connectivity index (χ2n) is 4.96. The van der Waals surface area contributed by atoms with Crippen molar-refractivity contribution in [2.45, 2.75) is 0 Å². The van der Waals surface area contributed by atoms with Crippen LogP contribution in [0.15, 0.2) is 71.8 Å². The summed E-state index contributed by atoms with van der Waals surface area (Å²) in [6.45, 7) is -0.322. The summed E-state index contributed by atoms with van der Waals surface area (Å²) in [5.74, 6) is -0.207. The quantitative estimate of drug-likeness (QED) is 0.571. The largest absolute Gasteiger partial charge is 0.484 e. The molecule has 0 fully saturated rings. The fourth-order valence-corrected chi connectivity index (χ4v) is 1.81. The molecule has 0 aromatic heterocycles. The van der Waals surface area contributed by atoms with E-state index in [0.717, 1.165) is 5.56 Å². The fraction of sp³-hybridized carbons (Fsp3) is 0.105. The molecule has 2 amide bonds. The monoisotopic (exact) mass is 337 g/mol. The molecular weight excluding hydrogens is 318 g/mol. The maximum atomic E-state index is 11.6. The predicted molar refractivity (Wildman–Crippen MR) is 97.1 cm³/mol. The number of nitrogens with one attached hydrogen (secondary N) is 2. The van der Waals surface area contributed by atoms with Crippen molar-refractivity contribution in [2.24, 2.45) is 5.10 Å². The lowest BCUT2D eigenvalue weighted by atomic mass is 10.2. The minimum Gasteiger partial charge on any atom is -0.484 e. The van der Waals surface area contributed by atoms with Gasteiger partial charge in [0.2, 0.25) is 0 Å². The topological polar surface area (TPSA) is 79.8 Å². The maximum absolute atomic E-state index is 11.6. The van der Waals surface area contributed by atoms with E-state index < -0.39 is 5.91 Å². The Hall–Kier alpha value is -3.41. The Labute approximate surface area is 146 Å². The Morgan fingerprint density at radius 2 is 1.64 bits per heavy atom. The second kappa shape index (κ2) is 10.4. The van der Waals surface area contributed by atoms with Crippen LogP contribution in [0, 0.1) is 0 Å². The summed E-state index contributed by atoms with van der Waals surface area (Å²) >= 11 is 0. The van der Waals surface area contributed by atoms with Crippen molar-refractivity contribution in [3.63, 3.8) is 0 Å².